The smallest absolute Gasteiger partial charge is 0.325 e. The molecule has 1 aliphatic rings. The maximum atomic E-state index is 11.9. The molecule has 104 valence electrons. The highest BCUT2D eigenvalue weighted by molar-refractivity contribution is 7.99. The first kappa shape index (κ1) is 13.8. The van der Waals surface area contributed by atoms with Crippen LogP contribution in [-0.2, 0) is 16.1 Å². The summed E-state index contributed by atoms with van der Waals surface area (Å²) in [5.41, 5.74) is 0. The van der Waals surface area contributed by atoms with Crippen LogP contribution in [0.25, 0.3) is 0 Å². The number of amides is 1. The molecule has 0 radical (unpaired) electrons. The molecule has 1 aromatic rings. The first-order valence-electron chi connectivity index (χ1n) is 6.05. The van der Waals surface area contributed by atoms with Crippen LogP contribution < -0.4 is 0 Å². The lowest BCUT2D eigenvalue weighted by atomic mass is 10.1. The van der Waals surface area contributed by atoms with Crippen molar-refractivity contribution in [3.63, 3.8) is 0 Å². The second kappa shape index (κ2) is 6.50. The summed E-state index contributed by atoms with van der Waals surface area (Å²) in [7, 11) is 0. The molecule has 0 unspecified atom stereocenters. The molecular formula is C10H15N5O3S. The average Bonchev–Trinajstić information content (AvgIpc) is 2.83. The fraction of sp³-hybridized carbons (Fsp3) is 0.700. The maximum absolute atomic E-state index is 11.9. The number of carbonyl (C=O) groups excluding carboxylic acids is 1. The lowest BCUT2D eigenvalue weighted by Crippen LogP contribution is -2.36. The molecule has 0 spiro atoms. The number of aromatic nitrogens is 4. The van der Waals surface area contributed by atoms with Gasteiger partial charge in [0.1, 0.15) is 6.54 Å². The second-order valence-corrected chi connectivity index (χ2v) is 5.19. The number of likely N-dealkylation sites (tertiary alicyclic amines) is 1. The van der Waals surface area contributed by atoms with Gasteiger partial charge in [-0.3, -0.25) is 9.59 Å². The third kappa shape index (κ3) is 3.91. The largest absolute Gasteiger partial charge is 0.480 e. The highest BCUT2D eigenvalue weighted by atomic mass is 32.2. The highest BCUT2D eigenvalue weighted by Crippen LogP contribution is 2.16. The number of carboxylic acid groups (broad SMARTS) is 1. The first-order chi connectivity index (χ1) is 9.16. The highest BCUT2D eigenvalue weighted by Gasteiger charge is 2.18. The van der Waals surface area contributed by atoms with E-state index >= 15 is 0 Å². The number of hydrogen-bond donors (Lipinski definition) is 1. The van der Waals surface area contributed by atoms with E-state index < -0.39 is 5.97 Å². The van der Waals surface area contributed by atoms with E-state index in [-0.39, 0.29) is 18.2 Å². The van der Waals surface area contributed by atoms with Crippen molar-refractivity contribution in [2.45, 2.75) is 31.0 Å². The minimum Gasteiger partial charge on any atom is -0.480 e. The molecule has 1 amide bonds. The van der Waals surface area contributed by atoms with Crippen LogP contribution in [0.1, 0.15) is 19.3 Å². The number of carboxylic acids is 1. The van der Waals surface area contributed by atoms with Gasteiger partial charge >= 0.3 is 5.97 Å². The molecule has 8 nitrogen and oxygen atoms in total. The predicted octanol–water partition coefficient (Wildman–Crippen LogP) is -0.138. The summed E-state index contributed by atoms with van der Waals surface area (Å²) < 4.78 is 1.18. The van der Waals surface area contributed by atoms with Gasteiger partial charge in [-0.1, -0.05) is 11.8 Å². The molecule has 0 bridgehead atoms. The zero-order chi connectivity index (χ0) is 13.7. The van der Waals surface area contributed by atoms with Crippen LogP contribution in [0.2, 0.25) is 0 Å². The normalized spacial score (nSPS) is 15.5. The van der Waals surface area contributed by atoms with Crippen molar-refractivity contribution < 1.29 is 14.7 Å². The van der Waals surface area contributed by atoms with Crippen LogP contribution in [0.15, 0.2) is 5.16 Å². The van der Waals surface area contributed by atoms with Crippen LogP contribution in [0.4, 0.5) is 0 Å². The Balaban J connectivity index is 1.86. The summed E-state index contributed by atoms with van der Waals surface area (Å²) in [4.78, 5) is 24.4. The quantitative estimate of drug-likeness (QED) is 0.751. The minimum absolute atomic E-state index is 0.0505. The van der Waals surface area contributed by atoms with Crippen molar-refractivity contribution in [2.24, 2.45) is 0 Å². The zero-order valence-electron chi connectivity index (χ0n) is 10.4. The van der Waals surface area contributed by atoms with E-state index in [1.165, 1.54) is 22.9 Å². The van der Waals surface area contributed by atoms with E-state index in [4.69, 9.17) is 5.11 Å². The van der Waals surface area contributed by atoms with Crippen LogP contribution in [0.3, 0.4) is 0 Å². The number of hydrogen-bond acceptors (Lipinski definition) is 6. The van der Waals surface area contributed by atoms with Crippen molar-refractivity contribution in [1.82, 2.24) is 25.1 Å². The molecule has 19 heavy (non-hydrogen) atoms. The summed E-state index contributed by atoms with van der Waals surface area (Å²) in [6, 6.07) is 0. The molecule has 0 atom stereocenters. The van der Waals surface area contributed by atoms with Crippen molar-refractivity contribution in [1.29, 1.82) is 0 Å². The Kier molecular flexibility index (Phi) is 4.72. The summed E-state index contributed by atoms with van der Waals surface area (Å²) in [5, 5.41) is 19.8. The van der Waals surface area contributed by atoms with Crippen LogP contribution in [0, 0.1) is 0 Å². The van der Waals surface area contributed by atoms with Gasteiger partial charge < -0.3 is 10.0 Å². The Labute approximate surface area is 114 Å². The predicted molar refractivity (Wildman–Crippen MR) is 66.6 cm³/mol. The average molecular weight is 285 g/mol. The van der Waals surface area contributed by atoms with Gasteiger partial charge in [-0.15, -0.1) is 5.10 Å². The number of nitrogens with zero attached hydrogens (tertiary/aromatic N) is 5. The van der Waals surface area contributed by atoms with Crippen LogP contribution in [-0.4, -0.2) is 60.9 Å². The number of carbonyl (C=O) groups is 2. The lowest BCUT2D eigenvalue weighted by Gasteiger charge is -2.26. The Morgan fingerprint density at radius 1 is 1.26 bits per heavy atom. The van der Waals surface area contributed by atoms with E-state index in [2.05, 4.69) is 15.5 Å². The molecule has 1 N–H and O–H groups in total. The number of piperidine rings is 1. The van der Waals surface area contributed by atoms with Gasteiger partial charge in [0.2, 0.25) is 11.1 Å². The second-order valence-electron chi connectivity index (χ2n) is 4.24. The van der Waals surface area contributed by atoms with Crippen LogP contribution >= 0.6 is 11.8 Å². The number of thioether (sulfide) groups is 1. The van der Waals surface area contributed by atoms with Gasteiger partial charge in [0.05, 0.1) is 5.75 Å². The standard InChI is InChI=1S/C10H15N5O3S/c16-8(14-4-2-1-3-5-14)7-19-10-11-12-13-15(10)6-9(17)18/h1-7H2,(H,17,18). The fourth-order valence-electron chi connectivity index (χ4n) is 1.89. The van der Waals surface area contributed by atoms with Gasteiger partial charge in [-0.2, -0.15) is 0 Å². The summed E-state index contributed by atoms with van der Waals surface area (Å²) >= 11 is 1.17. The molecule has 2 rings (SSSR count). The van der Waals surface area contributed by atoms with E-state index in [9.17, 15) is 9.59 Å². The van der Waals surface area contributed by atoms with Gasteiger partial charge in [0, 0.05) is 13.1 Å². The van der Waals surface area contributed by atoms with Gasteiger partial charge in [0.15, 0.2) is 0 Å². The molecule has 1 saturated heterocycles. The summed E-state index contributed by atoms with van der Waals surface area (Å²) in [5.74, 6) is -0.730. The Morgan fingerprint density at radius 2 is 2.00 bits per heavy atom. The van der Waals surface area contributed by atoms with Gasteiger partial charge in [-0.25, -0.2) is 4.68 Å². The van der Waals surface area contributed by atoms with E-state index in [1.807, 2.05) is 4.90 Å². The molecule has 9 heteroatoms. The molecule has 0 saturated carbocycles. The van der Waals surface area contributed by atoms with Crippen molar-refractivity contribution in [3.8, 4) is 0 Å². The Morgan fingerprint density at radius 3 is 2.68 bits per heavy atom. The summed E-state index contributed by atoms with van der Waals surface area (Å²) in [6.45, 7) is 1.31. The SMILES string of the molecule is O=C(O)Cn1nnnc1SCC(=O)N1CCCCC1. The molecule has 0 aromatic carbocycles. The Bertz CT molecular complexity index is 458. The number of rotatable bonds is 5. The molecule has 2 heterocycles. The molecular weight excluding hydrogens is 270 g/mol. The van der Waals surface area contributed by atoms with Gasteiger partial charge in [-0.05, 0) is 29.7 Å². The van der Waals surface area contributed by atoms with Gasteiger partial charge in [0.25, 0.3) is 0 Å². The molecule has 1 aromatic heterocycles. The van der Waals surface area contributed by atoms with E-state index in [0.29, 0.717) is 5.16 Å². The molecule has 0 aliphatic carbocycles. The topological polar surface area (TPSA) is 101 Å². The fourth-order valence-corrected chi connectivity index (χ4v) is 2.67. The van der Waals surface area contributed by atoms with Crippen molar-refractivity contribution >= 4 is 23.6 Å². The Hall–Kier alpha value is -1.64. The van der Waals surface area contributed by atoms with Crippen molar-refractivity contribution in [3.05, 3.63) is 0 Å². The van der Waals surface area contributed by atoms with E-state index in [1.54, 1.807) is 0 Å². The molecule has 1 aliphatic heterocycles. The first-order valence-corrected chi connectivity index (χ1v) is 7.04. The lowest BCUT2D eigenvalue weighted by molar-refractivity contribution is -0.138. The monoisotopic (exact) mass is 285 g/mol. The zero-order valence-corrected chi connectivity index (χ0v) is 11.2. The van der Waals surface area contributed by atoms with Crippen LogP contribution in [0.5, 0.6) is 0 Å². The maximum Gasteiger partial charge on any atom is 0.325 e. The summed E-state index contributed by atoms with van der Waals surface area (Å²) in [6.07, 6.45) is 3.27. The third-order valence-electron chi connectivity index (χ3n) is 2.82. The van der Waals surface area contributed by atoms with E-state index in [0.717, 1.165) is 25.9 Å². The minimum atomic E-state index is -1.02. The number of tetrazole rings is 1. The molecule has 1 fully saturated rings. The van der Waals surface area contributed by atoms with Crippen molar-refractivity contribution in [2.75, 3.05) is 18.8 Å². The number of aliphatic carboxylic acids is 1. The third-order valence-corrected chi connectivity index (χ3v) is 3.76.